The fraction of sp³-hybridized carbons (Fsp3) is 0.692. The lowest BCUT2D eigenvalue weighted by Gasteiger charge is -2.25. The number of hydrogen-bond acceptors (Lipinski definition) is 4. The molecule has 1 rings (SSSR count). The van der Waals surface area contributed by atoms with Crippen LogP contribution in [0.1, 0.15) is 33.4 Å². The molecule has 0 saturated carbocycles. The lowest BCUT2D eigenvalue weighted by molar-refractivity contribution is 0.304. The molecule has 96 valence electrons. The number of rotatable bonds is 6. The van der Waals surface area contributed by atoms with Gasteiger partial charge in [-0.3, -0.25) is 0 Å². The van der Waals surface area contributed by atoms with Gasteiger partial charge in [0.05, 0.1) is 5.69 Å². The molecule has 0 aliphatic heterocycles. The zero-order valence-electron chi connectivity index (χ0n) is 11.3. The van der Waals surface area contributed by atoms with Gasteiger partial charge in [0.1, 0.15) is 5.82 Å². The maximum atomic E-state index is 5.48. The van der Waals surface area contributed by atoms with Crippen LogP contribution < -0.4 is 11.1 Å². The topological polar surface area (TPSA) is 63.8 Å². The van der Waals surface area contributed by atoms with Crippen molar-refractivity contribution in [3.8, 4) is 0 Å². The lowest BCUT2D eigenvalue weighted by atomic mass is 9.85. The third-order valence-electron chi connectivity index (χ3n) is 3.16. The molecular weight excluding hydrogens is 212 g/mol. The molecule has 0 bridgehead atoms. The third kappa shape index (κ3) is 4.30. The molecule has 0 atom stereocenters. The molecular formula is C13H24N4. The number of nitrogens with one attached hydrogen (secondary N) is 1. The molecule has 0 spiro atoms. The first-order valence-corrected chi connectivity index (χ1v) is 6.31. The average Bonchev–Trinajstić information content (AvgIpc) is 2.29. The van der Waals surface area contributed by atoms with E-state index >= 15 is 0 Å². The molecule has 0 unspecified atom stereocenters. The van der Waals surface area contributed by atoms with Gasteiger partial charge in [-0.2, -0.15) is 5.10 Å². The minimum Gasteiger partial charge on any atom is -0.368 e. The van der Waals surface area contributed by atoms with Crippen molar-refractivity contribution in [3.63, 3.8) is 0 Å². The normalized spacial score (nSPS) is 11.5. The van der Waals surface area contributed by atoms with Crippen LogP contribution in [0, 0.1) is 17.8 Å². The average molecular weight is 236 g/mol. The van der Waals surface area contributed by atoms with E-state index in [1.165, 1.54) is 0 Å². The lowest BCUT2D eigenvalue weighted by Crippen LogP contribution is -2.25. The second kappa shape index (κ2) is 6.55. The molecule has 0 saturated heterocycles. The maximum Gasteiger partial charge on any atom is 0.148 e. The van der Waals surface area contributed by atoms with E-state index in [1.54, 1.807) is 0 Å². The SMILES string of the molecule is CC(C)C(CNc1ccc(CN)nn1)C(C)C. The van der Waals surface area contributed by atoms with Crippen molar-refractivity contribution in [1.82, 2.24) is 10.2 Å². The molecule has 3 N–H and O–H groups in total. The van der Waals surface area contributed by atoms with Crippen molar-refractivity contribution < 1.29 is 0 Å². The monoisotopic (exact) mass is 236 g/mol. The summed E-state index contributed by atoms with van der Waals surface area (Å²) in [7, 11) is 0. The minimum atomic E-state index is 0.438. The van der Waals surface area contributed by atoms with Gasteiger partial charge in [0, 0.05) is 13.1 Å². The van der Waals surface area contributed by atoms with E-state index in [4.69, 9.17) is 5.73 Å². The Hall–Kier alpha value is -1.16. The second-order valence-corrected chi connectivity index (χ2v) is 5.15. The standard InChI is InChI=1S/C13H24N4/c1-9(2)12(10(3)4)8-15-13-6-5-11(7-14)16-17-13/h5-6,9-10,12H,7-8,14H2,1-4H3,(H,15,17). The van der Waals surface area contributed by atoms with E-state index in [2.05, 4.69) is 43.2 Å². The number of nitrogens with two attached hydrogens (primary N) is 1. The zero-order chi connectivity index (χ0) is 12.8. The van der Waals surface area contributed by atoms with Crippen LogP contribution in [-0.2, 0) is 6.54 Å². The van der Waals surface area contributed by atoms with Crippen LogP contribution in [-0.4, -0.2) is 16.7 Å². The van der Waals surface area contributed by atoms with E-state index in [-0.39, 0.29) is 0 Å². The van der Waals surface area contributed by atoms with Crippen LogP contribution in [0.15, 0.2) is 12.1 Å². The van der Waals surface area contributed by atoms with Gasteiger partial charge in [-0.1, -0.05) is 27.7 Å². The Morgan fingerprint density at radius 1 is 1.12 bits per heavy atom. The zero-order valence-corrected chi connectivity index (χ0v) is 11.3. The Kier molecular flexibility index (Phi) is 5.35. The molecule has 0 radical (unpaired) electrons. The van der Waals surface area contributed by atoms with Crippen LogP contribution in [0.25, 0.3) is 0 Å². The van der Waals surface area contributed by atoms with Gasteiger partial charge in [0.2, 0.25) is 0 Å². The van der Waals surface area contributed by atoms with Gasteiger partial charge >= 0.3 is 0 Å². The van der Waals surface area contributed by atoms with Crippen molar-refractivity contribution >= 4 is 5.82 Å². The van der Waals surface area contributed by atoms with Crippen LogP contribution >= 0.6 is 0 Å². The summed E-state index contributed by atoms with van der Waals surface area (Å²) >= 11 is 0. The Morgan fingerprint density at radius 3 is 2.18 bits per heavy atom. The van der Waals surface area contributed by atoms with E-state index in [1.807, 2.05) is 12.1 Å². The van der Waals surface area contributed by atoms with Crippen LogP contribution in [0.3, 0.4) is 0 Å². The molecule has 0 fully saturated rings. The predicted molar refractivity (Wildman–Crippen MR) is 71.6 cm³/mol. The van der Waals surface area contributed by atoms with E-state index in [0.717, 1.165) is 18.1 Å². The molecule has 0 amide bonds. The number of nitrogens with zero attached hydrogens (tertiary/aromatic N) is 2. The molecule has 1 heterocycles. The molecule has 4 nitrogen and oxygen atoms in total. The molecule has 4 heteroatoms. The van der Waals surface area contributed by atoms with Gasteiger partial charge in [0.25, 0.3) is 0 Å². The van der Waals surface area contributed by atoms with Crippen molar-refractivity contribution in [1.29, 1.82) is 0 Å². The van der Waals surface area contributed by atoms with Crippen molar-refractivity contribution in [3.05, 3.63) is 17.8 Å². The summed E-state index contributed by atoms with van der Waals surface area (Å²) < 4.78 is 0. The quantitative estimate of drug-likeness (QED) is 0.795. The van der Waals surface area contributed by atoms with E-state index < -0.39 is 0 Å². The minimum absolute atomic E-state index is 0.438. The fourth-order valence-electron chi connectivity index (χ4n) is 2.03. The summed E-state index contributed by atoms with van der Waals surface area (Å²) in [5.41, 5.74) is 6.30. The van der Waals surface area contributed by atoms with Gasteiger partial charge in [-0.15, -0.1) is 5.10 Å². The predicted octanol–water partition coefficient (Wildman–Crippen LogP) is 2.28. The number of aromatic nitrogens is 2. The first kappa shape index (κ1) is 13.9. The van der Waals surface area contributed by atoms with Crippen LogP contribution in [0.4, 0.5) is 5.82 Å². The molecule has 17 heavy (non-hydrogen) atoms. The second-order valence-electron chi connectivity index (χ2n) is 5.15. The van der Waals surface area contributed by atoms with Gasteiger partial charge in [-0.25, -0.2) is 0 Å². The van der Waals surface area contributed by atoms with Gasteiger partial charge in [-0.05, 0) is 29.9 Å². The van der Waals surface area contributed by atoms with Crippen LogP contribution in [0.5, 0.6) is 0 Å². The van der Waals surface area contributed by atoms with E-state index in [0.29, 0.717) is 24.3 Å². The highest BCUT2D eigenvalue weighted by molar-refractivity contribution is 5.32. The summed E-state index contributed by atoms with van der Waals surface area (Å²) in [6.45, 7) is 10.4. The Balaban J connectivity index is 2.53. The highest BCUT2D eigenvalue weighted by Gasteiger charge is 2.17. The molecule has 1 aromatic heterocycles. The Bertz CT molecular complexity index is 311. The van der Waals surface area contributed by atoms with Crippen LogP contribution in [0.2, 0.25) is 0 Å². The van der Waals surface area contributed by atoms with E-state index in [9.17, 15) is 0 Å². The first-order chi connectivity index (χ1) is 8.04. The molecule has 1 aromatic rings. The molecule has 0 aliphatic rings. The maximum absolute atomic E-state index is 5.48. The van der Waals surface area contributed by atoms with Gasteiger partial charge in [0.15, 0.2) is 0 Å². The Labute approximate surface area is 104 Å². The number of anilines is 1. The highest BCUT2D eigenvalue weighted by Crippen LogP contribution is 2.20. The highest BCUT2D eigenvalue weighted by atomic mass is 15.2. The smallest absolute Gasteiger partial charge is 0.148 e. The van der Waals surface area contributed by atoms with Gasteiger partial charge < -0.3 is 11.1 Å². The third-order valence-corrected chi connectivity index (χ3v) is 3.16. The van der Waals surface area contributed by atoms with Crippen molar-refractivity contribution in [2.24, 2.45) is 23.5 Å². The summed E-state index contributed by atoms with van der Waals surface area (Å²) in [5.74, 6) is 2.80. The first-order valence-electron chi connectivity index (χ1n) is 6.31. The number of hydrogen-bond donors (Lipinski definition) is 2. The Morgan fingerprint density at radius 2 is 1.76 bits per heavy atom. The van der Waals surface area contributed by atoms with Crippen molar-refractivity contribution in [2.45, 2.75) is 34.2 Å². The summed E-state index contributed by atoms with van der Waals surface area (Å²) in [5, 5.41) is 11.5. The molecule has 0 aromatic carbocycles. The summed E-state index contributed by atoms with van der Waals surface area (Å²) in [6.07, 6.45) is 0. The largest absolute Gasteiger partial charge is 0.368 e. The summed E-state index contributed by atoms with van der Waals surface area (Å²) in [6, 6.07) is 3.85. The van der Waals surface area contributed by atoms with Crippen molar-refractivity contribution in [2.75, 3.05) is 11.9 Å². The summed E-state index contributed by atoms with van der Waals surface area (Å²) in [4.78, 5) is 0. The fourth-order valence-corrected chi connectivity index (χ4v) is 2.03. The molecule has 0 aliphatic carbocycles.